The highest BCUT2D eigenvalue weighted by Gasteiger charge is 2.15. The van der Waals surface area contributed by atoms with Crippen LogP contribution < -0.4 is 10.2 Å². The molecular weight excluding hydrogens is 222 g/mol. The number of rotatable bonds is 1. The van der Waals surface area contributed by atoms with Gasteiger partial charge in [-0.15, -0.1) is 0 Å². The van der Waals surface area contributed by atoms with Crippen molar-refractivity contribution < 1.29 is 0 Å². The highest BCUT2D eigenvalue weighted by Crippen LogP contribution is 2.24. The molecule has 3 rings (SSSR count). The third-order valence-electron chi connectivity index (χ3n) is 4.10. The van der Waals surface area contributed by atoms with Crippen molar-refractivity contribution in [2.75, 3.05) is 44.7 Å². The number of aryl methyl sites for hydroxylation is 1. The van der Waals surface area contributed by atoms with Crippen LogP contribution in [0.15, 0.2) is 18.2 Å². The zero-order chi connectivity index (χ0) is 12.4. The van der Waals surface area contributed by atoms with Gasteiger partial charge in [0.1, 0.15) is 0 Å². The lowest BCUT2D eigenvalue weighted by atomic mass is 10.0. The quantitative estimate of drug-likeness (QED) is 0.808. The van der Waals surface area contributed by atoms with Crippen molar-refractivity contribution in [3.63, 3.8) is 0 Å². The third-order valence-corrected chi connectivity index (χ3v) is 4.10. The first-order chi connectivity index (χ1) is 8.83. The molecule has 3 heteroatoms. The van der Waals surface area contributed by atoms with E-state index in [2.05, 4.69) is 40.4 Å². The van der Waals surface area contributed by atoms with E-state index in [1.807, 2.05) is 0 Å². The van der Waals surface area contributed by atoms with Gasteiger partial charge in [-0.25, -0.2) is 0 Å². The second kappa shape index (κ2) is 5.29. The molecule has 0 spiro atoms. The van der Waals surface area contributed by atoms with Crippen LogP contribution >= 0.6 is 0 Å². The topological polar surface area (TPSA) is 18.5 Å². The first kappa shape index (κ1) is 12.0. The SMILES string of the molecule is CN1CCCc2cc(N3CCNCC3)ccc2C1. The zero-order valence-corrected chi connectivity index (χ0v) is 11.3. The Balaban J connectivity index is 1.83. The lowest BCUT2D eigenvalue weighted by molar-refractivity contribution is 0.332. The summed E-state index contributed by atoms with van der Waals surface area (Å²) in [5, 5.41) is 3.41. The van der Waals surface area contributed by atoms with Crippen LogP contribution in [0, 0.1) is 0 Å². The molecule has 98 valence electrons. The van der Waals surface area contributed by atoms with Gasteiger partial charge in [0.15, 0.2) is 0 Å². The molecule has 0 unspecified atom stereocenters. The summed E-state index contributed by atoms with van der Waals surface area (Å²) >= 11 is 0. The van der Waals surface area contributed by atoms with Gasteiger partial charge >= 0.3 is 0 Å². The summed E-state index contributed by atoms with van der Waals surface area (Å²) in [5.41, 5.74) is 4.50. The zero-order valence-electron chi connectivity index (χ0n) is 11.3. The fraction of sp³-hybridized carbons (Fsp3) is 0.600. The number of benzene rings is 1. The number of hydrogen-bond acceptors (Lipinski definition) is 3. The molecule has 1 N–H and O–H groups in total. The van der Waals surface area contributed by atoms with Gasteiger partial charge in [-0.2, -0.15) is 0 Å². The maximum atomic E-state index is 3.41. The minimum atomic E-state index is 1.11. The minimum absolute atomic E-state index is 1.11. The van der Waals surface area contributed by atoms with Crippen molar-refractivity contribution in [3.8, 4) is 0 Å². The Labute approximate surface area is 110 Å². The van der Waals surface area contributed by atoms with Gasteiger partial charge in [0.25, 0.3) is 0 Å². The number of piperazine rings is 1. The molecule has 0 amide bonds. The Morgan fingerprint density at radius 3 is 2.72 bits per heavy atom. The van der Waals surface area contributed by atoms with Crippen molar-refractivity contribution in [2.45, 2.75) is 19.4 Å². The smallest absolute Gasteiger partial charge is 0.0370 e. The van der Waals surface area contributed by atoms with E-state index >= 15 is 0 Å². The Morgan fingerprint density at radius 2 is 1.89 bits per heavy atom. The second-order valence-electron chi connectivity index (χ2n) is 5.53. The van der Waals surface area contributed by atoms with Gasteiger partial charge < -0.3 is 15.1 Å². The molecule has 1 fully saturated rings. The Hall–Kier alpha value is -1.06. The largest absolute Gasteiger partial charge is 0.369 e. The van der Waals surface area contributed by atoms with Crippen LogP contribution in [-0.4, -0.2) is 44.7 Å². The molecule has 18 heavy (non-hydrogen) atoms. The lowest BCUT2D eigenvalue weighted by Crippen LogP contribution is -2.43. The van der Waals surface area contributed by atoms with Gasteiger partial charge in [-0.1, -0.05) is 6.07 Å². The van der Waals surface area contributed by atoms with E-state index in [1.165, 1.54) is 30.6 Å². The number of fused-ring (bicyclic) bond motifs is 1. The summed E-state index contributed by atoms with van der Waals surface area (Å²) in [6.07, 6.45) is 2.52. The van der Waals surface area contributed by atoms with Crippen LogP contribution in [0.25, 0.3) is 0 Å². The molecule has 2 aliphatic heterocycles. The van der Waals surface area contributed by atoms with Crippen LogP contribution in [0.2, 0.25) is 0 Å². The molecule has 0 radical (unpaired) electrons. The highest BCUT2D eigenvalue weighted by atomic mass is 15.2. The number of nitrogens with zero attached hydrogens (tertiary/aromatic N) is 2. The molecule has 0 aliphatic carbocycles. The van der Waals surface area contributed by atoms with Gasteiger partial charge in [-0.3, -0.25) is 0 Å². The van der Waals surface area contributed by atoms with Gasteiger partial charge in [0.05, 0.1) is 0 Å². The normalized spacial score (nSPS) is 21.5. The second-order valence-corrected chi connectivity index (χ2v) is 5.53. The van der Waals surface area contributed by atoms with Crippen molar-refractivity contribution in [2.24, 2.45) is 0 Å². The highest BCUT2D eigenvalue weighted by molar-refractivity contribution is 5.51. The van der Waals surface area contributed by atoms with Crippen LogP contribution in [-0.2, 0) is 13.0 Å². The molecule has 1 aromatic rings. The van der Waals surface area contributed by atoms with E-state index in [0.29, 0.717) is 0 Å². The van der Waals surface area contributed by atoms with Crippen molar-refractivity contribution in [3.05, 3.63) is 29.3 Å². The number of hydrogen-bond donors (Lipinski definition) is 1. The fourth-order valence-corrected chi connectivity index (χ4v) is 3.03. The summed E-state index contributed by atoms with van der Waals surface area (Å²) in [5.74, 6) is 0. The maximum absolute atomic E-state index is 3.41. The first-order valence-corrected chi connectivity index (χ1v) is 7.09. The third kappa shape index (κ3) is 2.52. The first-order valence-electron chi connectivity index (χ1n) is 7.09. The molecular formula is C15H23N3. The predicted molar refractivity (Wildman–Crippen MR) is 76.2 cm³/mol. The summed E-state index contributed by atoms with van der Waals surface area (Å²) in [6, 6.07) is 7.08. The summed E-state index contributed by atoms with van der Waals surface area (Å²) < 4.78 is 0. The molecule has 0 saturated carbocycles. The van der Waals surface area contributed by atoms with E-state index in [4.69, 9.17) is 0 Å². The maximum Gasteiger partial charge on any atom is 0.0370 e. The molecule has 0 bridgehead atoms. The predicted octanol–water partition coefficient (Wildman–Crippen LogP) is 1.47. The van der Waals surface area contributed by atoms with Crippen LogP contribution in [0.4, 0.5) is 5.69 Å². The molecule has 2 aliphatic rings. The van der Waals surface area contributed by atoms with Gasteiger partial charge in [0, 0.05) is 38.4 Å². The molecule has 0 aromatic heterocycles. The summed E-state index contributed by atoms with van der Waals surface area (Å²) in [6.45, 7) is 6.83. The molecule has 1 saturated heterocycles. The standard InChI is InChI=1S/C15H23N3/c1-17-8-2-3-13-11-15(5-4-14(13)12-17)18-9-6-16-7-10-18/h4-5,11,16H,2-3,6-10,12H2,1H3. The van der Waals surface area contributed by atoms with Gasteiger partial charge in [-0.05, 0) is 49.7 Å². The molecule has 2 heterocycles. The minimum Gasteiger partial charge on any atom is -0.369 e. The molecule has 0 atom stereocenters. The average Bonchev–Trinajstić information content (AvgIpc) is 2.59. The number of anilines is 1. The monoisotopic (exact) mass is 245 g/mol. The van der Waals surface area contributed by atoms with Crippen LogP contribution in [0.1, 0.15) is 17.5 Å². The van der Waals surface area contributed by atoms with E-state index in [-0.39, 0.29) is 0 Å². The summed E-state index contributed by atoms with van der Waals surface area (Å²) in [4.78, 5) is 4.93. The average molecular weight is 245 g/mol. The van der Waals surface area contributed by atoms with Gasteiger partial charge in [0.2, 0.25) is 0 Å². The van der Waals surface area contributed by atoms with Crippen molar-refractivity contribution in [1.82, 2.24) is 10.2 Å². The van der Waals surface area contributed by atoms with E-state index in [9.17, 15) is 0 Å². The van der Waals surface area contributed by atoms with Crippen molar-refractivity contribution >= 4 is 5.69 Å². The van der Waals surface area contributed by atoms with E-state index in [1.54, 1.807) is 5.56 Å². The Morgan fingerprint density at radius 1 is 1.06 bits per heavy atom. The van der Waals surface area contributed by atoms with Crippen LogP contribution in [0.3, 0.4) is 0 Å². The Bertz CT molecular complexity index is 410. The fourth-order valence-electron chi connectivity index (χ4n) is 3.03. The molecule has 1 aromatic carbocycles. The summed E-state index contributed by atoms with van der Waals surface area (Å²) in [7, 11) is 2.22. The molecule has 3 nitrogen and oxygen atoms in total. The van der Waals surface area contributed by atoms with E-state index in [0.717, 1.165) is 32.7 Å². The van der Waals surface area contributed by atoms with Crippen molar-refractivity contribution in [1.29, 1.82) is 0 Å². The lowest BCUT2D eigenvalue weighted by Gasteiger charge is -2.30. The van der Waals surface area contributed by atoms with Crippen LogP contribution in [0.5, 0.6) is 0 Å². The number of nitrogens with one attached hydrogen (secondary N) is 1. The Kier molecular flexibility index (Phi) is 3.52. The van der Waals surface area contributed by atoms with E-state index < -0.39 is 0 Å².